The van der Waals surface area contributed by atoms with E-state index in [0.717, 1.165) is 26.7 Å². The third-order valence-electron chi connectivity index (χ3n) is 4.11. The van der Waals surface area contributed by atoms with Gasteiger partial charge in [0.25, 0.3) is 5.91 Å². The number of rotatable bonds is 4. The van der Waals surface area contributed by atoms with E-state index >= 15 is 0 Å². The van der Waals surface area contributed by atoms with E-state index in [2.05, 4.69) is 15.5 Å². The van der Waals surface area contributed by atoms with Crippen LogP contribution in [0.4, 0.5) is 4.39 Å². The zero-order valence-electron chi connectivity index (χ0n) is 14.4. The van der Waals surface area contributed by atoms with Crippen molar-refractivity contribution < 1.29 is 17.6 Å². The SMILES string of the molecule is O=C(CSc1nc2ccccc2s1)N/N=C1\CCS(=O)(=O)c2ccc(F)cc21. The van der Waals surface area contributed by atoms with Crippen LogP contribution in [0, 0.1) is 5.82 Å². The molecule has 1 aromatic heterocycles. The minimum atomic E-state index is -3.46. The first-order valence-electron chi connectivity index (χ1n) is 8.29. The smallest absolute Gasteiger partial charge is 0.250 e. The van der Waals surface area contributed by atoms with Gasteiger partial charge in [-0.25, -0.2) is 23.2 Å². The highest BCUT2D eigenvalue weighted by Gasteiger charge is 2.28. The van der Waals surface area contributed by atoms with Crippen molar-refractivity contribution in [3.05, 3.63) is 53.8 Å². The number of sulfone groups is 1. The van der Waals surface area contributed by atoms with E-state index in [1.807, 2.05) is 24.3 Å². The lowest BCUT2D eigenvalue weighted by atomic mass is 10.1. The first-order valence-corrected chi connectivity index (χ1v) is 11.7. The van der Waals surface area contributed by atoms with Gasteiger partial charge in [-0.15, -0.1) is 11.3 Å². The molecule has 144 valence electrons. The Balaban J connectivity index is 1.45. The Kier molecular flexibility index (Phi) is 5.17. The molecule has 0 radical (unpaired) electrons. The van der Waals surface area contributed by atoms with Gasteiger partial charge in [-0.1, -0.05) is 23.9 Å². The third-order valence-corrected chi connectivity index (χ3v) is 8.06. The van der Waals surface area contributed by atoms with Crippen LogP contribution in [0.3, 0.4) is 0 Å². The molecule has 0 unspecified atom stereocenters. The van der Waals surface area contributed by atoms with E-state index in [0.29, 0.717) is 5.71 Å². The Morgan fingerprint density at radius 1 is 1.29 bits per heavy atom. The molecule has 0 atom stereocenters. The molecule has 0 saturated carbocycles. The number of carbonyl (C=O) groups excluding carboxylic acids is 1. The van der Waals surface area contributed by atoms with Crippen LogP contribution < -0.4 is 5.43 Å². The number of carbonyl (C=O) groups is 1. The molecule has 10 heteroatoms. The predicted molar refractivity (Wildman–Crippen MR) is 108 cm³/mol. The third kappa shape index (κ3) is 3.94. The number of hydrogen-bond donors (Lipinski definition) is 1. The van der Waals surface area contributed by atoms with Gasteiger partial charge >= 0.3 is 0 Å². The molecule has 1 amide bonds. The molecule has 0 bridgehead atoms. The molecule has 2 heterocycles. The number of hydrazone groups is 1. The Morgan fingerprint density at radius 3 is 2.93 bits per heavy atom. The van der Waals surface area contributed by atoms with Crippen molar-refractivity contribution in [2.24, 2.45) is 5.10 Å². The molecule has 0 aliphatic carbocycles. The maximum absolute atomic E-state index is 13.6. The normalized spacial score (nSPS) is 16.8. The maximum atomic E-state index is 13.6. The number of nitrogens with zero attached hydrogens (tertiary/aromatic N) is 2. The van der Waals surface area contributed by atoms with Crippen LogP contribution in [-0.2, 0) is 14.6 Å². The van der Waals surface area contributed by atoms with Gasteiger partial charge in [-0.2, -0.15) is 5.10 Å². The van der Waals surface area contributed by atoms with Gasteiger partial charge in [-0.3, -0.25) is 4.79 Å². The second-order valence-electron chi connectivity index (χ2n) is 6.04. The van der Waals surface area contributed by atoms with Gasteiger partial charge in [0.05, 0.1) is 32.3 Å². The van der Waals surface area contributed by atoms with Crippen molar-refractivity contribution in [2.45, 2.75) is 15.7 Å². The second-order valence-corrected chi connectivity index (χ2v) is 10.4. The van der Waals surface area contributed by atoms with E-state index in [-0.39, 0.29) is 34.3 Å². The molecular weight excluding hydrogens is 421 g/mol. The fraction of sp³-hybridized carbons (Fsp3) is 0.167. The Hall–Kier alpha value is -2.30. The van der Waals surface area contributed by atoms with E-state index in [1.54, 1.807) is 0 Å². The van der Waals surface area contributed by atoms with Crippen LogP contribution in [0.25, 0.3) is 10.2 Å². The summed E-state index contributed by atoms with van der Waals surface area (Å²) in [5.74, 6) is -0.907. The minimum absolute atomic E-state index is 0.0389. The molecule has 1 aliphatic rings. The number of halogens is 1. The van der Waals surface area contributed by atoms with Gasteiger partial charge in [0.15, 0.2) is 14.2 Å². The van der Waals surface area contributed by atoms with E-state index in [9.17, 15) is 17.6 Å². The summed E-state index contributed by atoms with van der Waals surface area (Å²) in [7, 11) is -3.46. The molecule has 0 saturated heterocycles. The maximum Gasteiger partial charge on any atom is 0.250 e. The first-order chi connectivity index (χ1) is 13.4. The average Bonchev–Trinajstić information content (AvgIpc) is 3.08. The quantitative estimate of drug-likeness (QED) is 0.386. The number of aromatic nitrogens is 1. The molecule has 28 heavy (non-hydrogen) atoms. The molecule has 1 N–H and O–H groups in total. The lowest BCUT2D eigenvalue weighted by Gasteiger charge is -2.18. The van der Waals surface area contributed by atoms with E-state index in [4.69, 9.17) is 0 Å². The summed E-state index contributed by atoms with van der Waals surface area (Å²) in [6.45, 7) is 0. The fourth-order valence-corrected chi connectivity index (χ4v) is 6.12. The number of hydrogen-bond acceptors (Lipinski definition) is 7. The van der Waals surface area contributed by atoms with Crippen molar-refractivity contribution in [3.63, 3.8) is 0 Å². The lowest BCUT2D eigenvalue weighted by molar-refractivity contribution is -0.118. The summed E-state index contributed by atoms with van der Waals surface area (Å²) in [6, 6.07) is 11.2. The number of benzene rings is 2. The zero-order valence-corrected chi connectivity index (χ0v) is 16.8. The van der Waals surface area contributed by atoms with Gasteiger partial charge < -0.3 is 0 Å². The summed E-state index contributed by atoms with van der Waals surface area (Å²) in [5, 5.41) is 4.04. The summed E-state index contributed by atoms with van der Waals surface area (Å²) in [5.41, 5.74) is 3.87. The van der Waals surface area contributed by atoms with Crippen LogP contribution in [0.15, 0.2) is 56.8 Å². The summed E-state index contributed by atoms with van der Waals surface area (Å²) >= 11 is 2.80. The van der Waals surface area contributed by atoms with Crippen LogP contribution in [0.5, 0.6) is 0 Å². The first kappa shape index (κ1) is 19.0. The van der Waals surface area contributed by atoms with Crippen molar-refractivity contribution in [3.8, 4) is 0 Å². The van der Waals surface area contributed by atoms with Crippen molar-refractivity contribution in [1.29, 1.82) is 0 Å². The molecule has 4 rings (SSSR count). The van der Waals surface area contributed by atoms with Crippen molar-refractivity contribution >= 4 is 54.8 Å². The molecule has 6 nitrogen and oxygen atoms in total. The Morgan fingerprint density at radius 2 is 2.11 bits per heavy atom. The number of nitrogens with one attached hydrogen (secondary N) is 1. The largest absolute Gasteiger partial charge is 0.272 e. The van der Waals surface area contributed by atoms with Crippen molar-refractivity contribution in [1.82, 2.24) is 10.4 Å². The minimum Gasteiger partial charge on any atom is -0.272 e. The van der Waals surface area contributed by atoms with Crippen molar-refractivity contribution in [2.75, 3.05) is 11.5 Å². The standard InChI is InChI=1S/C18H14FN3O3S3/c19-11-5-6-16-12(9-11)13(7-8-28(16,24)25)21-22-17(23)10-26-18-20-14-3-1-2-4-15(14)27-18/h1-6,9H,7-8,10H2,(H,22,23)/b21-13+. The molecule has 3 aromatic rings. The highest BCUT2D eigenvalue weighted by molar-refractivity contribution is 8.01. The Labute approximate surface area is 168 Å². The molecule has 1 aliphatic heterocycles. The Bertz CT molecular complexity index is 1170. The molecule has 0 fully saturated rings. The summed E-state index contributed by atoms with van der Waals surface area (Å²) < 4.78 is 39.7. The number of thioether (sulfide) groups is 1. The van der Waals surface area contributed by atoms with E-state index in [1.165, 1.54) is 29.2 Å². The van der Waals surface area contributed by atoms with Gasteiger partial charge in [0.2, 0.25) is 0 Å². The van der Waals surface area contributed by atoms with Crippen LogP contribution in [-0.4, -0.2) is 36.5 Å². The van der Waals surface area contributed by atoms with Gasteiger partial charge in [-0.05, 0) is 30.3 Å². The van der Waals surface area contributed by atoms with Crippen LogP contribution in [0.2, 0.25) is 0 Å². The number of fused-ring (bicyclic) bond motifs is 2. The molecule has 0 spiro atoms. The molecular formula is C18H14FN3O3S3. The fourth-order valence-electron chi connectivity index (χ4n) is 2.79. The summed E-state index contributed by atoms with van der Waals surface area (Å²) in [4.78, 5) is 16.6. The average molecular weight is 436 g/mol. The number of para-hydroxylation sites is 1. The van der Waals surface area contributed by atoms with Crippen LogP contribution in [0.1, 0.15) is 12.0 Å². The monoisotopic (exact) mass is 435 g/mol. The number of thiazole rings is 1. The highest BCUT2D eigenvalue weighted by atomic mass is 32.2. The second kappa shape index (κ2) is 7.61. The predicted octanol–water partition coefficient (Wildman–Crippen LogP) is 3.23. The topological polar surface area (TPSA) is 88.5 Å². The van der Waals surface area contributed by atoms with Crippen LogP contribution >= 0.6 is 23.1 Å². The number of amides is 1. The lowest BCUT2D eigenvalue weighted by Crippen LogP contribution is -2.27. The zero-order chi connectivity index (χ0) is 19.7. The van der Waals surface area contributed by atoms with E-state index < -0.39 is 15.7 Å². The highest BCUT2D eigenvalue weighted by Crippen LogP contribution is 2.29. The van der Waals surface area contributed by atoms with Gasteiger partial charge in [0.1, 0.15) is 5.82 Å². The van der Waals surface area contributed by atoms with Gasteiger partial charge in [0, 0.05) is 12.0 Å². The molecule has 2 aromatic carbocycles. The summed E-state index contributed by atoms with van der Waals surface area (Å²) in [6.07, 6.45) is 0.115.